The van der Waals surface area contributed by atoms with Gasteiger partial charge >= 0.3 is 5.97 Å². The average Bonchev–Trinajstić information content (AvgIpc) is 2.75. The standard InChI is InChI=1S/C19H36N4O5S3/c1-5-11(2)15(19(27)28)23-17(25)13(7-9-31-4)21-18(26)14(10-29)22-16(24)12(20)6-8-30-3/h11-15,29H,5-10,20H2,1-4H3,(H,21,26)(H,22,24)(H,23,25)(H,27,28). The third-order valence-corrected chi connectivity index (χ3v) is 6.46. The molecule has 3 amide bonds. The van der Waals surface area contributed by atoms with Crippen LogP contribution in [0.4, 0.5) is 0 Å². The van der Waals surface area contributed by atoms with Crippen LogP contribution in [0.2, 0.25) is 0 Å². The number of thiol groups is 1. The van der Waals surface area contributed by atoms with E-state index in [4.69, 9.17) is 5.73 Å². The number of carboxylic acid groups (broad SMARTS) is 1. The molecule has 31 heavy (non-hydrogen) atoms. The molecule has 0 aliphatic carbocycles. The molecule has 0 aromatic heterocycles. The number of carbonyl (C=O) groups excluding carboxylic acids is 3. The lowest BCUT2D eigenvalue weighted by Gasteiger charge is -2.26. The predicted molar refractivity (Wildman–Crippen MR) is 131 cm³/mol. The Morgan fingerprint density at radius 3 is 1.94 bits per heavy atom. The summed E-state index contributed by atoms with van der Waals surface area (Å²) in [7, 11) is 0. The maximum absolute atomic E-state index is 12.8. The molecular weight excluding hydrogens is 460 g/mol. The summed E-state index contributed by atoms with van der Waals surface area (Å²) in [6.07, 6.45) is 5.13. The molecule has 0 aromatic carbocycles. The van der Waals surface area contributed by atoms with E-state index in [9.17, 15) is 24.3 Å². The van der Waals surface area contributed by atoms with Gasteiger partial charge in [-0.05, 0) is 42.8 Å². The molecule has 0 aromatic rings. The summed E-state index contributed by atoms with van der Waals surface area (Å²) in [5.41, 5.74) is 5.84. The number of carboxylic acids is 1. The first-order valence-corrected chi connectivity index (χ1v) is 13.5. The van der Waals surface area contributed by atoms with Crippen molar-refractivity contribution in [3.05, 3.63) is 0 Å². The van der Waals surface area contributed by atoms with Crippen LogP contribution >= 0.6 is 36.2 Å². The van der Waals surface area contributed by atoms with Crippen LogP contribution in [-0.4, -0.2) is 82.7 Å². The summed E-state index contributed by atoms with van der Waals surface area (Å²) in [6, 6.07) is -3.70. The minimum absolute atomic E-state index is 0.0221. The van der Waals surface area contributed by atoms with Gasteiger partial charge in [0.25, 0.3) is 0 Å². The second-order valence-electron chi connectivity index (χ2n) is 7.18. The van der Waals surface area contributed by atoms with E-state index in [0.717, 1.165) is 0 Å². The highest BCUT2D eigenvalue weighted by Gasteiger charge is 2.31. The van der Waals surface area contributed by atoms with Crippen LogP contribution in [-0.2, 0) is 19.2 Å². The topological polar surface area (TPSA) is 151 Å². The van der Waals surface area contributed by atoms with Gasteiger partial charge in [0, 0.05) is 5.75 Å². The van der Waals surface area contributed by atoms with Gasteiger partial charge in [0.15, 0.2) is 0 Å². The van der Waals surface area contributed by atoms with Crippen molar-refractivity contribution in [2.24, 2.45) is 11.7 Å². The fraction of sp³-hybridized carbons (Fsp3) is 0.789. The summed E-state index contributed by atoms with van der Waals surface area (Å²) >= 11 is 7.19. The number of aliphatic carboxylic acids is 1. The molecule has 0 aliphatic heterocycles. The Hall–Kier alpha value is -1.11. The van der Waals surface area contributed by atoms with Crippen molar-refractivity contribution >= 4 is 59.8 Å². The Bertz CT molecular complexity index is 597. The van der Waals surface area contributed by atoms with Crippen molar-refractivity contribution < 1.29 is 24.3 Å². The second kappa shape index (κ2) is 16.5. The molecule has 6 N–H and O–H groups in total. The van der Waals surface area contributed by atoms with Gasteiger partial charge in [-0.15, -0.1) is 0 Å². The SMILES string of the molecule is CCC(C)C(NC(=O)C(CCSC)NC(=O)C(CS)NC(=O)C(N)CCSC)C(=O)O. The molecule has 0 saturated carbocycles. The highest BCUT2D eigenvalue weighted by molar-refractivity contribution is 7.98. The summed E-state index contributed by atoms with van der Waals surface area (Å²) in [5.74, 6) is -1.69. The Kier molecular flexibility index (Phi) is 15.9. The smallest absolute Gasteiger partial charge is 0.326 e. The molecule has 5 unspecified atom stereocenters. The summed E-state index contributed by atoms with van der Waals surface area (Å²) in [5, 5.41) is 17.1. The fourth-order valence-corrected chi connectivity index (χ4v) is 3.78. The van der Waals surface area contributed by atoms with E-state index in [-0.39, 0.29) is 11.7 Å². The van der Waals surface area contributed by atoms with Crippen molar-refractivity contribution in [2.75, 3.05) is 29.8 Å². The van der Waals surface area contributed by atoms with Crippen LogP contribution < -0.4 is 21.7 Å². The van der Waals surface area contributed by atoms with Gasteiger partial charge in [-0.1, -0.05) is 20.3 Å². The van der Waals surface area contributed by atoms with Crippen LogP contribution in [0.3, 0.4) is 0 Å². The molecule has 12 heteroatoms. The Morgan fingerprint density at radius 1 is 0.935 bits per heavy atom. The number of hydrogen-bond acceptors (Lipinski definition) is 8. The van der Waals surface area contributed by atoms with Crippen molar-refractivity contribution in [3.8, 4) is 0 Å². The number of carbonyl (C=O) groups is 4. The van der Waals surface area contributed by atoms with Gasteiger partial charge in [0.05, 0.1) is 6.04 Å². The number of rotatable bonds is 16. The maximum atomic E-state index is 12.8. The lowest BCUT2D eigenvalue weighted by Crippen LogP contribution is -2.58. The van der Waals surface area contributed by atoms with E-state index in [1.807, 2.05) is 19.4 Å². The molecule has 0 bridgehead atoms. The molecule has 0 radical (unpaired) electrons. The van der Waals surface area contributed by atoms with E-state index >= 15 is 0 Å². The zero-order chi connectivity index (χ0) is 24.0. The Morgan fingerprint density at radius 2 is 1.45 bits per heavy atom. The van der Waals surface area contributed by atoms with Crippen molar-refractivity contribution in [1.29, 1.82) is 0 Å². The lowest BCUT2D eigenvalue weighted by atomic mass is 9.98. The number of nitrogens with two attached hydrogens (primary N) is 1. The largest absolute Gasteiger partial charge is 0.480 e. The molecule has 5 atom stereocenters. The van der Waals surface area contributed by atoms with Crippen LogP contribution in [0.1, 0.15) is 33.1 Å². The fourth-order valence-electron chi connectivity index (χ4n) is 2.56. The number of hydrogen-bond donors (Lipinski definition) is 6. The first-order valence-electron chi connectivity index (χ1n) is 10.1. The van der Waals surface area contributed by atoms with Crippen LogP contribution in [0.25, 0.3) is 0 Å². The molecule has 0 aliphatic rings. The van der Waals surface area contributed by atoms with E-state index in [1.165, 1.54) is 11.8 Å². The van der Waals surface area contributed by atoms with Gasteiger partial charge in [0.1, 0.15) is 18.1 Å². The second-order valence-corrected chi connectivity index (χ2v) is 9.52. The quantitative estimate of drug-likeness (QED) is 0.167. The van der Waals surface area contributed by atoms with Crippen LogP contribution in [0.15, 0.2) is 0 Å². The van der Waals surface area contributed by atoms with Crippen LogP contribution in [0.5, 0.6) is 0 Å². The highest BCUT2D eigenvalue weighted by atomic mass is 32.2. The normalized spacial score (nSPS) is 15.8. The van der Waals surface area contributed by atoms with Gasteiger partial charge in [-0.25, -0.2) is 4.79 Å². The predicted octanol–water partition coefficient (Wildman–Crippen LogP) is 0.335. The Labute approximate surface area is 198 Å². The summed E-state index contributed by atoms with van der Waals surface area (Å²) in [6.45, 7) is 3.57. The van der Waals surface area contributed by atoms with E-state index < -0.39 is 47.9 Å². The summed E-state index contributed by atoms with van der Waals surface area (Å²) < 4.78 is 0. The molecular formula is C19H36N4O5S3. The third kappa shape index (κ3) is 11.4. The molecule has 180 valence electrons. The number of amides is 3. The lowest BCUT2D eigenvalue weighted by molar-refractivity contribution is -0.143. The average molecular weight is 497 g/mol. The number of thioether (sulfide) groups is 2. The molecule has 9 nitrogen and oxygen atoms in total. The molecule has 0 heterocycles. The third-order valence-electron chi connectivity index (χ3n) is 4.81. The van der Waals surface area contributed by atoms with Crippen LogP contribution in [0, 0.1) is 5.92 Å². The van der Waals surface area contributed by atoms with E-state index in [2.05, 4.69) is 28.6 Å². The van der Waals surface area contributed by atoms with Gasteiger partial charge in [-0.3, -0.25) is 14.4 Å². The van der Waals surface area contributed by atoms with Gasteiger partial charge in [0.2, 0.25) is 17.7 Å². The van der Waals surface area contributed by atoms with Crippen molar-refractivity contribution in [3.63, 3.8) is 0 Å². The first kappa shape index (κ1) is 29.9. The Balaban J connectivity index is 5.21. The van der Waals surface area contributed by atoms with E-state index in [0.29, 0.717) is 30.8 Å². The van der Waals surface area contributed by atoms with Crippen molar-refractivity contribution in [2.45, 2.75) is 57.3 Å². The molecule has 0 saturated heterocycles. The molecule has 0 rings (SSSR count). The highest BCUT2D eigenvalue weighted by Crippen LogP contribution is 2.10. The molecule has 0 fully saturated rings. The zero-order valence-electron chi connectivity index (χ0n) is 18.6. The number of nitrogens with one attached hydrogen (secondary N) is 3. The summed E-state index contributed by atoms with van der Waals surface area (Å²) in [4.78, 5) is 49.2. The minimum atomic E-state index is -1.13. The first-order chi connectivity index (χ1) is 14.6. The van der Waals surface area contributed by atoms with E-state index in [1.54, 1.807) is 18.7 Å². The van der Waals surface area contributed by atoms with Crippen molar-refractivity contribution in [1.82, 2.24) is 16.0 Å². The molecule has 0 spiro atoms. The minimum Gasteiger partial charge on any atom is -0.480 e. The monoisotopic (exact) mass is 496 g/mol. The van der Waals surface area contributed by atoms with Gasteiger partial charge < -0.3 is 26.8 Å². The maximum Gasteiger partial charge on any atom is 0.326 e. The zero-order valence-corrected chi connectivity index (χ0v) is 21.1. The van der Waals surface area contributed by atoms with Gasteiger partial charge in [-0.2, -0.15) is 36.2 Å².